The summed E-state index contributed by atoms with van der Waals surface area (Å²) in [5, 5.41) is 0.876. The Bertz CT molecular complexity index is 1150. The summed E-state index contributed by atoms with van der Waals surface area (Å²) in [5.41, 5.74) is 2.94. The average molecular weight is 408 g/mol. The van der Waals surface area contributed by atoms with Crippen molar-refractivity contribution in [3.63, 3.8) is 0 Å². The van der Waals surface area contributed by atoms with E-state index in [0.717, 1.165) is 16.5 Å². The predicted molar refractivity (Wildman–Crippen MR) is 111 cm³/mol. The molecule has 0 atom stereocenters. The average Bonchev–Trinajstić information content (AvgIpc) is 3.02. The largest absolute Gasteiger partial charge is 0.496 e. The van der Waals surface area contributed by atoms with Gasteiger partial charge < -0.3 is 19.4 Å². The second kappa shape index (κ2) is 8.02. The zero-order valence-electron chi connectivity index (χ0n) is 16.7. The number of benzene rings is 2. The summed E-state index contributed by atoms with van der Waals surface area (Å²) in [7, 11) is 1.59. The van der Waals surface area contributed by atoms with E-state index >= 15 is 0 Å². The second-order valence-electron chi connectivity index (χ2n) is 6.88. The molecule has 0 bridgehead atoms. The van der Waals surface area contributed by atoms with E-state index in [-0.39, 0.29) is 18.1 Å². The van der Waals surface area contributed by atoms with Gasteiger partial charge in [0.15, 0.2) is 0 Å². The zero-order chi connectivity index (χ0) is 21.3. The van der Waals surface area contributed by atoms with Gasteiger partial charge in [0.05, 0.1) is 25.0 Å². The number of halogens is 1. The van der Waals surface area contributed by atoms with Crippen LogP contribution in [0.1, 0.15) is 28.5 Å². The summed E-state index contributed by atoms with van der Waals surface area (Å²) in [5.74, 6) is -0.577. The summed E-state index contributed by atoms with van der Waals surface area (Å²) in [6.45, 7) is 2.28. The molecule has 2 aromatic carbocycles. The van der Waals surface area contributed by atoms with Gasteiger partial charge in [-0.05, 0) is 55.3 Å². The fourth-order valence-corrected chi connectivity index (χ4v) is 3.73. The molecule has 1 aromatic heterocycles. The molecule has 4 rings (SSSR count). The SMILES string of the molecule is CCOC(=O)C1=CN(C(=O)c2ccc(F)cc2)CCc2c1[nH]c1cccc(OC)c21. The van der Waals surface area contributed by atoms with Gasteiger partial charge in [-0.3, -0.25) is 4.79 Å². The van der Waals surface area contributed by atoms with E-state index < -0.39 is 11.8 Å². The van der Waals surface area contributed by atoms with E-state index in [1.807, 2.05) is 18.2 Å². The minimum Gasteiger partial charge on any atom is -0.496 e. The Morgan fingerprint density at radius 2 is 1.93 bits per heavy atom. The van der Waals surface area contributed by atoms with E-state index in [0.29, 0.717) is 30.0 Å². The maximum atomic E-state index is 13.3. The van der Waals surface area contributed by atoms with Gasteiger partial charge in [-0.1, -0.05) is 6.07 Å². The van der Waals surface area contributed by atoms with Crippen LogP contribution in [0.25, 0.3) is 16.5 Å². The number of aromatic amines is 1. The van der Waals surface area contributed by atoms with Crippen LogP contribution in [0.4, 0.5) is 4.39 Å². The number of esters is 1. The van der Waals surface area contributed by atoms with Crippen LogP contribution in [0, 0.1) is 5.82 Å². The maximum Gasteiger partial charge on any atom is 0.341 e. The Morgan fingerprint density at radius 1 is 1.17 bits per heavy atom. The Balaban J connectivity index is 1.82. The van der Waals surface area contributed by atoms with Crippen LogP contribution in [0.3, 0.4) is 0 Å². The fraction of sp³-hybridized carbons (Fsp3) is 0.217. The van der Waals surface area contributed by atoms with Crippen LogP contribution in [0.15, 0.2) is 48.7 Å². The molecule has 0 unspecified atom stereocenters. The van der Waals surface area contributed by atoms with Gasteiger partial charge in [0.1, 0.15) is 11.6 Å². The first kappa shape index (κ1) is 19.7. The van der Waals surface area contributed by atoms with Crippen LogP contribution >= 0.6 is 0 Å². The zero-order valence-corrected chi connectivity index (χ0v) is 16.7. The molecule has 1 N–H and O–H groups in total. The minimum absolute atomic E-state index is 0.209. The summed E-state index contributed by atoms with van der Waals surface area (Å²) < 4.78 is 24.0. The number of rotatable bonds is 4. The number of amides is 1. The molecule has 154 valence electrons. The van der Waals surface area contributed by atoms with E-state index in [4.69, 9.17) is 9.47 Å². The number of hydrogen-bond acceptors (Lipinski definition) is 4. The molecule has 0 saturated heterocycles. The van der Waals surface area contributed by atoms with Crippen LogP contribution in [0.2, 0.25) is 0 Å². The molecule has 1 aliphatic rings. The minimum atomic E-state index is -0.525. The van der Waals surface area contributed by atoms with Crippen LogP contribution in [-0.2, 0) is 16.0 Å². The van der Waals surface area contributed by atoms with Gasteiger partial charge in [0.25, 0.3) is 5.91 Å². The number of hydrogen-bond donors (Lipinski definition) is 1. The second-order valence-corrected chi connectivity index (χ2v) is 6.88. The Labute approximate surface area is 172 Å². The molecule has 2 heterocycles. The van der Waals surface area contributed by atoms with E-state index in [2.05, 4.69) is 4.98 Å². The third-order valence-corrected chi connectivity index (χ3v) is 5.11. The van der Waals surface area contributed by atoms with Crippen molar-refractivity contribution < 1.29 is 23.5 Å². The number of aromatic nitrogens is 1. The first-order valence-corrected chi connectivity index (χ1v) is 9.67. The molecule has 7 heteroatoms. The topological polar surface area (TPSA) is 71.6 Å². The number of nitrogens with zero attached hydrogens (tertiary/aromatic N) is 1. The smallest absolute Gasteiger partial charge is 0.341 e. The highest BCUT2D eigenvalue weighted by Gasteiger charge is 2.28. The molecular weight excluding hydrogens is 387 g/mol. The highest BCUT2D eigenvalue weighted by atomic mass is 19.1. The molecule has 1 amide bonds. The Kier molecular flexibility index (Phi) is 5.27. The number of fused-ring (bicyclic) bond motifs is 3. The van der Waals surface area contributed by atoms with Crippen LogP contribution < -0.4 is 4.74 Å². The fourth-order valence-electron chi connectivity index (χ4n) is 3.73. The van der Waals surface area contributed by atoms with Gasteiger partial charge in [-0.25, -0.2) is 9.18 Å². The number of carbonyl (C=O) groups is 2. The van der Waals surface area contributed by atoms with Gasteiger partial charge in [0, 0.05) is 29.2 Å². The van der Waals surface area contributed by atoms with Crippen LogP contribution in [0.5, 0.6) is 5.75 Å². The van der Waals surface area contributed by atoms with E-state index in [9.17, 15) is 14.0 Å². The first-order chi connectivity index (χ1) is 14.5. The quantitative estimate of drug-likeness (QED) is 0.665. The lowest BCUT2D eigenvalue weighted by Gasteiger charge is -2.18. The lowest BCUT2D eigenvalue weighted by Crippen LogP contribution is -2.28. The van der Waals surface area contributed by atoms with Crippen molar-refractivity contribution in [2.45, 2.75) is 13.3 Å². The van der Waals surface area contributed by atoms with Crippen molar-refractivity contribution in [1.82, 2.24) is 9.88 Å². The van der Waals surface area contributed by atoms with Crippen molar-refractivity contribution in [3.05, 3.63) is 71.3 Å². The number of methoxy groups -OCH3 is 1. The van der Waals surface area contributed by atoms with Gasteiger partial charge >= 0.3 is 5.97 Å². The third kappa shape index (κ3) is 3.43. The Hall–Kier alpha value is -3.61. The summed E-state index contributed by atoms with van der Waals surface area (Å²) in [4.78, 5) is 30.5. The third-order valence-electron chi connectivity index (χ3n) is 5.11. The summed E-state index contributed by atoms with van der Waals surface area (Å²) in [6, 6.07) is 11.0. The van der Waals surface area contributed by atoms with Crippen molar-refractivity contribution in [3.8, 4) is 5.75 Å². The monoisotopic (exact) mass is 408 g/mol. The molecule has 3 aromatic rings. The predicted octanol–water partition coefficient (Wildman–Crippen LogP) is 3.92. The van der Waals surface area contributed by atoms with E-state index in [1.54, 1.807) is 14.0 Å². The standard InChI is InChI=1S/C23H21FN2O4/c1-3-30-23(28)17-13-26(22(27)14-7-9-15(24)10-8-14)12-11-16-20-18(25-21(16)17)5-4-6-19(20)29-2/h4-10,13,25H,3,11-12H2,1-2H3. The molecule has 0 fully saturated rings. The number of nitrogens with one attached hydrogen (secondary N) is 1. The molecule has 1 aliphatic heterocycles. The molecule has 0 radical (unpaired) electrons. The van der Waals surface area contributed by atoms with Gasteiger partial charge in [-0.15, -0.1) is 0 Å². The lowest BCUT2D eigenvalue weighted by atomic mass is 10.0. The molecule has 0 spiro atoms. The van der Waals surface area contributed by atoms with E-state index in [1.165, 1.54) is 35.4 Å². The van der Waals surface area contributed by atoms with Gasteiger partial charge in [0.2, 0.25) is 0 Å². The maximum absolute atomic E-state index is 13.3. The van der Waals surface area contributed by atoms with Crippen molar-refractivity contribution in [1.29, 1.82) is 0 Å². The number of carbonyl (C=O) groups excluding carboxylic acids is 2. The Morgan fingerprint density at radius 3 is 2.63 bits per heavy atom. The normalized spacial score (nSPS) is 13.4. The first-order valence-electron chi connectivity index (χ1n) is 9.67. The molecule has 6 nitrogen and oxygen atoms in total. The van der Waals surface area contributed by atoms with Crippen molar-refractivity contribution >= 4 is 28.4 Å². The summed E-state index contributed by atoms with van der Waals surface area (Å²) in [6.07, 6.45) is 2.01. The van der Waals surface area contributed by atoms with Gasteiger partial charge in [-0.2, -0.15) is 0 Å². The lowest BCUT2D eigenvalue weighted by molar-refractivity contribution is -0.136. The molecular formula is C23H21FN2O4. The van der Waals surface area contributed by atoms with Crippen LogP contribution in [-0.4, -0.2) is 42.0 Å². The highest BCUT2D eigenvalue weighted by molar-refractivity contribution is 6.18. The van der Waals surface area contributed by atoms with Crippen molar-refractivity contribution in [2.24, 2.45) is 0 Å². The molecule has 30 heavy (non-hydrogen) atoms. The highest BCUT2D eigenvalue weighted by Crippen LogP contribution is 2.36. The van der Waals surface area contributed by atoms with Crippen molar-refractivity contribution in [2.75, 3.05) is 20.3 Å². The molecule has 0 saturated carbocycles. The summed E-state index contributed by atoms with van der Waals surface area (Å²) >= 11 is 0. The molecule has 0 aliphatic carbocycles. The number of H-pyrrole nitrogens is 1. The number of ether oxygens (including phenoxy) is 2.